The van der Waals surface area contributed by atoms with Crippen molar-refractivity contribution in [1.82, 2.24) is 4.98 Å². The van der Waals surface area contributed by atoms with Gasteiger partial charge >= 0.3 is 0 Å². The highest BCUT2D eigenvalue weighted by atomic mass is 16.3. The summed E-state index contributed by atoms with van der Waals surface area (Å²) in [6, 6.07) is 4.90. The minimum absolute atomic E-state index is 0.151. The molecule has 0 radical (unpaired) electrons. The second kappa shape index (κ2) is 4.15. The Kier molecular flexibility index (Phi) is 3.16. The summed E-state index contributed by atoms with van der Waals surface area (Å²) < 4.78 is 0. The maximum atomic E-state index is 9.29. The van der Waals surface area contributed by atoms with E-state index in [1.807, 2.05) is 6.07 Å². The summed E-state index contributed by atoms with van der Waals surface area (Å²) in [5, 5.41) is 9.29. The monoisotopic (exact) mass is 167 g/mol. The minimum Gasteiger partial charge on any atom is -0.390 e. The lowest BCUT2D eigenvalue weighted by Crippen LogP contribution is -2.33. The van der Waals surface area contributed by atoms with Gasteiger partial charge in [0.2, 0.25) is 0 Å². The van der Waals surface area contributed by atoms with Crippen LogP contribution in [0.5, 0.6) is 0 Å². The molecule has 0 aliphatic rings. The molecule has 0 aromatic carbocycles. The van der Waals surface area contributed by atoms with Crippen LogP contribution in [0.2, 0.25) is 0 Å². The van der Waals surface area contributed by atoms with Crippen LogP contribution >= 0.6 is 0 Å². The van der Waals surface area contributed by atoms with Crippen LogP contribution in [0.1, 0.15) is 11.7 Å². The Bertz CT molecular complexity index is 227. The molecule has 0 bridgehead atoms. The number of nitrogens with two attached hydrogens (primary N) is 2. The van der Waals surface area contributed by atoms with Gasteiger partial charge in [-0.2, -0.15) is 0 Å². The Hall–Kier alpha value is -0.970. The molecule has 1 rings (SSSR count). The summed E-state index contributed by atoms with van der Waals surface area (Å²) >= 11 is 0. The Morgan fingerprint density at radius 2 is 2.25 bits per heavy atom. The molecule has 1 aromatic rings. The number of nitrogens with zero attached hydrogens (tertiary/aromatic N) is 1. The first-order valence-electron chi connectivity index (χ1n) is 3.80. The minimum atomic E-state index is -0.722. The van der Waals surface area contributed by atoms with Crippen LogP contribution in [0, 0.1) is 0 Å². The van der Waals surface area contributed by atoms with E-state index in [1.165, 1.54) is 0 Å². The molecule has 2 unspecified atom stereocenters. The molecule has 0 fully saturated rings. The Morgan fingerprint density at radius 3 is 2.75 bits per heavy atom. The van der Waals surface area contributed by atoms with Gasteiger partial charge in [0.05, 0.1) is 17.8 Å². The van der Waals surface area contributed by atoms with E-state index in [2.05, 4.69) is 4.98 Å². The number of rotatable bonds is 3. The third-order valence-electron chi connectivity index (χ3n) is 1.69. The smallest absolute Gasteiger partial charge is 0.0870 e. The lowest BCUT2D eigenvalue weighted by Gasteiger charge is -2.15. The van der Waals surface area contributed by atoms with Gasteiger partial charge in [0.15, 0.2) is 0 Å². The van der Waals surface area contributed by atoms with Crippen molar-refractivity contribution in [2.45, 2.75) is 12.1 Å². The summed E-state index contributed by atoms with van der Waals surface area (Å²) in [4.78, 5) is 4.01. The van der Waals surface area contributed by atoms with Gasteiger partial charge in [-0.3, -0.25) is 4.98 Å². The number of aromatic nitrogens is 1. The van der Waals surface area contributed by atoms with Gasteiger partial charge < -0.3 is 16.6 Å². The maximum absolute atomic E-state index is 9.29. The lowest BCUT2D eigenvalue weighted by atomic mass is 10.1. The average molecular weight is 167 g/mol. The molecule has 0 aliphatic carbocycles. The largest absolute Gasteiger partial charge is 0.390 e. The van der Waals surface area contributed by atoms with E-state index in [0.717, 1.165) is 0 Å². The number of aliphatic hydroxyl groups excluding tert-OH is 1. The highest BCUT2D eigenvalue weighted by molar-refractivity contribution is 5.09. The van der Waals surface area contributed by atoms with Crippen LogP contribution < -0.4 is 11.5 Å². The van der Waals surface area contributed by atoms with Crippen molar-refractivity contribution in [1.29, 1.82) is 0 Å². The third kappa shape index (κ3) is 2.01. The fraction of sp³-hybridized carbons (Fsp3) is 0.375. The fourth-order valence-corrected chi connectivity index (χ4v) is 0.917. The second-order valence-corrected chi connectivity index (χ2v) is 2.58. The molecule has 0 saturated carbocycles. The normalized spacial score (nSPS) is 15.6. The van der Waals surface area contributed by atoms with Gasteiger partial charge in [-0.15, -0.1) is 0 Å². The van der Waals surface area contributed by atoms with E-state index in [4.69, 9.17) is 11.5 Å². The van der Waals surface area contributed by atoms with Crippen molar-refractivity contribution >= 4 is 0 Å². The molecule has 4 heteroatoms. The van der Waals surface area contributed by atoms with E-state index < -0.39 is 12.1 Å². The van der Waals surface area contributed by atoms with Crippen LogP contribution in [0.4, 0.5) is 0 Å². The van der Waals surface area contributed by atoms with E-state index in [9.17, 15) is 5.11 Å². The number of hydrogen-bond donors (Lipinski definition) is 3. The number of pyridine rings is 1. The fourth-order valence-electron chi connectivity index (χ4n) is 0.917. The van der Waals surface area contributed by atoms with Crippen molar-refractivity contribution < 1.29 is 5.11 Å². The van der Waals surface area contributed by atoms with E-state index in [0.29, 0.717) is 5.69 Å². The second-order valence-electron chi connectivity index (χ2n) is 2.58. The van der Waals surface area contributed by atoms with Crippen molar-refractivity contribution in [3.8, 4) is 0 Å². The zero-order valence-electron chi connectivity index (χ0n) is 6.72. The van der Waals surface area contributed by atoms with E-state index >= 15 is 0 Å². The predicted octanol–water partition coefficient (Wildman–Crippen LogP) is -0.599. The molecule has 12 heavy (non-hydrogen) atoms. The zero-order valence-corrected chi connectivity index (χ0v) is 6.72. The molecule has 0 amide bonds. The van der Waals surface area contributed by atoms with Crippen LogP contribution in [-0.2, 0) is 0 Å². The van der Waals surface area contributed by atoms with Crippen LogP contribution in [0.25, 0.3) is 0 Å². The molecule has 5 N–H and O–H groups in total. The Morgan fingerprint density at radius 1 is 1.50 bits per heavy atom. The summed E-state index contributed by atoms with van der Waals surface area (Å²) in [6.07, 6.45) is 0.915. The molecule has 0 spiro atoms. The standard InChI is InChI=1S/C8H13N3O/c9-5-7(12)8(10)6-3-1-2-4-11-6/h1-4,7-8,12H,5,9-10H2. The quantitative estimate of drug-likeness (QED) is 0.561. The van der Waals surface area contributed by atoms with Gasteiger partial charge in [-0.25, -0.2) is 0 Å². The van der Waals surface area contributed by atoms with Gasteiger partial charge in [0.1, 0.15) is 0 Å². The first-order chi connectivity index (χ1) is 5.75. The number of aliphatic hydroxyl groups is 1. The van der Waals surface area contributed by atoms with Gasteiger partial charge in [-0.1, -0.05) is 6.07 Å². The van der Waals surface area contributed by atoms with Crippen molar-refractivity contribution in [2.75, 3.05) is 6.54 Å². The van der Waals surface area contributed by atoms with E-state index in [-0.39, 0.29) is 6.54 Å². The SMILES string of the molecule is NCC(O)C(N)c1ccccn1. The Labute approximate surface area is 71.2 Å². The molecule has 4 nitrogen and oxygen atoms in total. The molecule has 1 heterocycles. The first kappa shape index (κ1) is 9.12. The van der Waals surface area contributed by atoms with Crippen molar-refractivity contribution in [2.24, 2.45) is 11.5 Å². The lowest BCUT2D eigenvalue weighted by molar-refractivity contribution is 0.151. The summed E-state index contributed by atoms with van der Waals surface area (Å²) in [6.45, 7) is 0.151. The molecule has 66 valence electrons. The van der Waals surface area contributed by atoms with Gasteiger partial charge in [0.25, 0.3) is 0 Å². The highest BCUT2D eigenvalue weighted by Crippen LogP contribution is 2.09. The molecule has 0 saturated heterocycles. The molecule has 0 aliphatic heterocycles. The summed E-state index contributed by atoms with van der Waals surface area (Å²) in [5.41, 5.74) is 11.6. The zero-order chi connectivity index (χ0) is 8.97. The first-order valence-corrected chi connectivity index (χ1v) is 3.80. The van der Waals surface area contributed by atoms with Crippen molar-refractivity contribution in [3.05, 3.63) is 30.1 Å². The molecule has 1 aromatic heterocycles. The third-order valence-corrected chi connectivity index (χ3v) is 1.69. The maximum Gasteiger partial charge on any atom is 0.0870 e. The van der Waals surface area contributed by atoms with E-state index in [1.54, 1.807) is 18.3 Å². The Balaban J connectivity index is 2.71. The van der Waals surface area contributed by atoms with Crippen molar-refractivity contribution in [3.63, 3.8) is 0 Å². The molecular weight excluding hydrogens is 154 g/mol. The van der Waals surface area contributed by atoms with Crippen LogP contribution in [0.15, 0.2) is 24.4 Å². The van der Waals surface area contributed by atoms with Crippen LogP contribution in [0.3, 0.4) is 0 Å². The van der Waals surface area contributed by atoms with Gasteiger partial charge in [-0.05, 0) is 12.1 Å². The molecular formula is C8H13N3O. The topological polar surface area (TPSA) is 85.2 Å². The number of hydrogen-bond acceptors (Lipinski definition) is 4. The average Bonchev–Trinajstić information content (AvgIpc) is 2.17. The van der Waals surface area contributed by atoms with Gasteiger partial charge in [0, 0.05) is 12.7 Å². The summed E-state index contributed by atoms with van der Waals surface area (Å²) in [5.74, 6) is 0. The van der Waals surface area contributed by atoms with Crippen LogP contribution in [-0.4, -0.2) is 22.7 Å². The highest BCUT2D eigenvalue weighted by Gasteiger charge is 2.15. The predicted molar refractivity (Wildman–Crippen MR) is 46.2 cm³/mol. The molecule has 2 atom stereocenters. The summed E-state index contributed by atoms with van der Waals surface area (Å²) in [7, 11) is 0.